The fraction of sp³-hybridized carbons (Fsp3) is 0.130. The van der Waals surface area contributed by atoms with Crippen LogP contribution in [-0.4, -0.2) is 31.8 Å². The lowest BCUT2D eigenvalue weighted by Gasteiger charge is -2.16. The molecule has 3 rings (SSSR count). The smallest absolute Gasteiger partial charge is 0.255 e. The van der Waals surface area contributed by atoms with Crippen molar-refractivity contribution in [2.75, 3.05) is 30.6 Å². The monoisotopic (exact) mass is 490 g/mol. The summed E-state index contributed by atoms with van der Waals surface area (Å²) >= 11 is 13.5. The Morgan fingerprint density at radius 1 is 0.844 bits per heavy atom. The maximum Gasteiger partial charge on any atom is 0.255 e. The Bertz CT molecular complexity index is 1110. The van der Waals surface area contributed by atoms with E-state index in [0.29, 0.717) is 43.4 Å². The normalized spacial score (nSPS) is 10.4. The predicted octanol–water partition coefficient (Wildman–Crippen LogP) is 5.99. The van der Waals surface area contributed by atoms with Gasteiger partial charge in [-0.05, 0) is 24.3 Å². The number of ether oxygens (including phenoxy) is 2. The van der Waals surface area contributed by atoms with E-state index in [1.165, 1.54) is 26.0 Å². The van der Waals surface area contributed by atoms with Gasteiger partial charge in [0.25, 0.3) is 5.91 Å². The van der Waals surface area contributed by atoms with Crippen LogP contribution in [0.5, 0.6) is 11.5 Å². The minimum Gasteiger partial charge on any atom is -0.494 e. The zero-order valence-corrected chi connectivity index (χ0v) is 19.6. The largest absolute Gasteiger partial charge is 0.494 e. The number of nitrogens with one attached hydrogen (secondary N) is 2. The lowest BCUT2D eigenvalue weighted by atomic mass is 10.2. The summed E-state index contributed by atoms with van der Waals surface area (Å²) < 4.78 is 10.8. The third kappa shape index (κ3) is 5.88. The molecule has 9 heteroatoms. The molecular formula is C23H20Cl2N2O4S. The molecule has 6 nitrogen and oxygen atoms in total. The number of carbonyl (C=O) groups is 2. The van der Waals surface area contributed by atoms with Gasteiger partial charge in [0, 0.05) is 22.6 Å². The van der Waals surface area contributed by atoms with Crippen molar-refractivity contribution in [3.8, 4) is 11.5 Å². The molecule has 32 heavy (non-hydrogen) atoms. The molecule has 0 saturated heterocycles. The second-order valence-corrected chi connectivity index (χ2v) is 8.26. The van der Waals surface area contributed by atoms with Crippen LogP contribution in [0.25, 0.3) is 0 Å². The molecule has 0 radical (unpaired) electrons. The van der Waals surface area contributed by atoms with Gasteiger partial charge in [-0.1, -0.05) is 47.5 Å². The van der Waals surface area contributed by atoms with E-state index in [1.807, 2.05) is 6.07 Å². The summed E-state index contributed by atoms with van der Waals surface area (Å²) in [5, 5.41) is 6.56. The first kappa shape index (κ1) is 23.8. The number of hydrogen-bond acceptors (Lipinski definition) is 5. The minimum atomic E-state index is -0.296. The number of halogens is 2. The van der Waals surface area contributed by atoms with Crippen molar-refractivity contribution in [3.05, 3.63) is 76.3 Å². The standard InChI is InChI=1S/C23H20Cl2N2O4S/c1-30-19-12-18(27-23(29)14-7-4-3-5-8-14)20(31-2)11-17(19)26-21(28)13-32-22-15(24)9-6-10-16(22)25/h3-12H,13H2,1-2H3,(H,26,28)(H,27,29). The maximum atomic E-state index is 12.5. The van der Waals surface area contributed by atoms with E-state index in [2.05, 4.69) is 10.6 Å². The third-order valence-electron chi connectivity index (χ3n) is 4.35. The Kier molecular flexibility index (Phi) is 8.27. The summed E-state index contributed by atoms with van der Waals surface area (Å²) in [6.45, 7) is 0. The Labute approximate surface area is 200 Å². The molecule has 0 bridgehead atoms. The molecule has 166 valence electrons. The fourth-order valence-corrected chi connectivity index (χ4v) is 4.31. The SMILES string of the molecule is COc1cc(NC(=O)c2ccccc2)c(OC)cc1NC(=O)CSc1c(Cl)cccc1Cl. The van der Waals surface area contributed by atoms with Crippen molar-refractivity contribution < 1.29 is 19.1 Å². The van der Waals surface area contributed by atoms with Gasteiger partial charge in [0.05, 0.1) is 41.4 Å². The summed E-state index contributed by atoms with van der Waals surface area (Å²) in [7, 11) is 2.94. The number of rotatable bonds is 8. The zero-order chi connectivity index (χ0) is 23.1. The van der Waals surface area contributed by atoms with Crippen molar-refractivity contribution in [2.24, 2.45) is 0 Å². The van der Waals surface area contributed by atoms with E-state index in [0.717, 1.165) is 0 Å². The highest BCUT2D eigenvalue weighted by molar-refractivity contribution is 8.00. The van der Waals surface area contributed by atoms with Crippen molar-refractivity contribution in [3.63, 3.8) is 0 Å². The van der Waals surface area contributed by atoms with Crippen LogP contribution in [0.15, 0.2) is 65.6 Å². The fourth-order valence-electron chi connectivity index (χ4n) is 2.82. The van der Waals surface area contributed by atoms with Gasteiger partial charge in [0.2, 0.25) is 5.91 Å². The van der Waals surface area contributed by atoms with Crippen LogP contribution in [0, 0.1) is 0 Å². The minimum absolute atomic E-state index is 0.0847. The number of thioether (sulfide) groups is 1. The van der Waals surface area contributed by atoms with Gasteiger partial charge >= 0.3 is 0 Å². The topological polar surface area (TPSA) is 76.7 Å². The highest BCUT2D eigenvalue weighted by Gasteiger charge is 2.17. The quantitative estimate of drug-likeness (QED) is 0.379. The van der Waals surface area contributed by atoms with Gasteiger partial charge in [-0.2, -0.15) is 0 Å². The number of carbonyl (C=O) groups excluding carboxylic acids is 2. The van der Waals surface area contributed by atoms with Crippen molar-refractivity contribution in [2.45, 2.75) is 4.90 Å². The summed E-state index contributed by atoms with van der Waals surface area (Å²) in [6, 6.07) is 17.1. The first-order chi connectivity index (χ1) is 15.4. The van der Waals surface area contributed by atoms with Gasteiger partial charge in [-0.3, -0.25) is 9.59 Å². The van der Waals surface area contributed by atoms with Crippen LogP contribution in [0.2, 0.25) is 10.0 Å². The van der Waals surface area contributed by atoms with Gasteiger partial charge in [-0.25, -0.2) is 0 Å². The molecule has 0 aliphatic carbocycles. The molecule has 2 amide bonds. The second kappa shape index (κ2) is 11.1. The molecule has 0 aliphatic heterocycles. The van der Waals surface area contributed by atoms with E-state index in [4.69, 9.17) is 32.7 Å². The third-order valence-corrected chi connectivity index (χ3v) is 6.34. The first-order valence-corrected chi connectivity index (χ1v) is 11.2. The molecule has 0 atom stereocenters. The zero-order valence-electron chi connectivity index (χ0n) is 17.3. The van der Waals surface area contributed by atoms with E-state index >= 15 is 0 Å². The Balaban J connectivity index is 1.75. The lowest BCUT2D eigenvalue weighted by molar-refractivity contribution is -0.113. The van der Waals surface area contributed by atoms with Crippen LogP contribution >= 0.6 is 35.0 Å². The van der Waals surface area contributed by atoms with Crippen LogP contribution in [0.1, 0.15) is 10.4 Å². The van der Waals surface area contributed by atoms with E-state index in [-0.39, 0.29) is 17.6 Å². The molecule has 2 N–H and O–H groups in total. The average Bonchev–Trinajstić information content (AvgIpc) is 2.79. The summed E-state index contributed by atoms with van der Waals surface area (Å²) in [5.74, 6) is 0.236. The summed E-state index contributed by atoms with van der Waals surface area (Å²) in [4.78, 5) is 25.7. The Hall–Kier alpha value is -2.87. The van der Waals surface area contributed by atoms with Gasteiger partial charge in [0.15, 0.2) is 0 Å². The summed E-state index contributed by atoms with van der Waals surface area (Å²) in [6.07, 6.45) is 0. The van der Waals surface area contributed by atoms with Gasteiger partial charge in [-0.15, -0.1) is 11.8 Å². The molecule has 0 spiro atoms. The molecule has 0 saturated carbocycles. The van der Waals surface area contributed by atoms with E-state index in [9.17, 15) is 9.59 Å². The molecular weight excluding hydrogens is 471 g/mol. The second-order valence-electron chi connectivity index (χ2n) is 6.46. The van der Waals surface area contributed by atoms with Gasteiger partial charge in [0.1, 0.15) is 11.5 Å². The number of anilines is 2. The average molecular weight is 491 g/mol. The summed E-state index contributed by atoms with van der Waals surface area (Å²) in [5.41, 5.74) is 1.31. The van der Waals surface area contributed by atoms with Gasteiger partial charge < -0.3 is 20.1 Å². The predicted molar refractivity (Wildman–Crippen MR) is 130 cm³/mol. The first-order valence-electron chi connectivity index (χ1n) is 9.42. The van der Waals surface area contributed by atoms with Crippen molar-refractivity contribution >= 4 is 58.2 Å². The van der Waals surface area contributed by atoms with Crippen LogP contribution in [0.4, 0.5) is 11.4 Å². The molecule has 3 aromatic carbocycles. The lowest BCUT2D eigenvalue weighted by Crippen LogP contribution is -2.16. The van der Waals surface area contributed by atoms with Crippen molar-refractivity contribution in [1.82, 2.24) is 0 Å². The number of methoxy groups -OCH3 is 2. The molecule has 3 aromatic rings. The number of amides is 2. The Morgan fingerprint density at radius 2 is 1.41 bits per heavy atom. The molecule has 0 heterocycles. The molecule has 0 fully saturated rings. The number of hydrogen-bond donors (Lipinski definition) is 2. The van der Waals surface area contributed by atoms with E-state index < -0.39 is 0 Å². The van der Waals surface area contributed by atoms with Crippen LogP contribution in [0.3, 0.4) is 0 Å². The highest BCUT2D eigenvalue weighted by Crippen LogP contribution is 2.37. The maximum absolute atomic E-state index is 12.5. The van der Waals surface area contributed by atoms with Crippen LogP contribution < -0.4 is 20.1 Å². The molecule has 0 aromatic heterocycles. The Morgan fingerprint density at radius 3 is 1.97 bits per heavy atom. The van der Waals surface area contributed by atoms with Crippen LogP contribution in [-0.2, 0) is 4.79 Å². The van der Waals surface area contributed by atoms with E-state index in [1.54, 1.807) is 54.6 Å². The number of benzene rings is 3. The molecule has 0 unspecified atom stereocenters. The molecule has 0 aliphatic rings. The van der Waals surface area contributed by atoms with Crippen molar-refractivity contribution in [1.29, 1.82) is 0 Å². The highest BCUT2D eigenvalue weighted by atomic mass is 35.5.